The molecule has 0 saturated carbocycles. The van der Waals surface area contributed by atoms with Crippen LogP contribution in [0.4, 0.5) is 0 Å². The molecular formula is C18H28Cl3N3O. The molecule has 7 heteroatoms. The number of benzene rings is 1. The Balaban J connectivity index is 0.00000156. The average Bonchev–Trinajstić information content (AvgIpc) is 3.09. The van der Waals surface area contributed by atoms with Crippen molar-refractivity contribution in [2.45, 2.75) is 25.8 Å². The number of rotatable bonds is 5. The molecule has 4 nitrogen and oxygen atoms in total. The molecule has 1 unspecified atom stereocenters. The Morgan fingerprint density at radius 3 is 2.40 bits per heavy atom. The number of hydrogen-bond donors (Lipinski definition) is 1. The Labute approximate surface area is 168 Å². The van der Waals surface area contributed by atoms with Crippen LogP contribution in [-0.4, -0.2) is 55.0 Å². The van der Waals surface area contributed by atoms with Crippen molar-refractivity contribution in [3.63, 3.8) is 0 Å². The van der Waals surface area contributed by atoms with Crippen LogP contribution in [0, 0.1) is 5.92 Å². The van der Waals surface area contributed by atoms with E-state index in [1.165, 1.54) is 12.0 Å². The maximum absolute atomic E-state index is 12.3. The van der Waals surface area contributed by atoms with E-state index < -0.39 is 0 Å². The van der Waals surface area contributed by atoms with Crippen LogP contribution in [0.2, 0.25) is 5.02 Å². The molecule has 1 N–H and O–H groups in total. The number of nitrogens with zero attached hydrogens (tertiary/aromatic N) is 2. The molecule has 0 radical (unpaired) electrons. The molecule has 1 amide bonds. The fourth-order valence-corrected chi connectivity index (χ4v) is 3.58. The number of carbonyl (C=O) groups is 1. The van der Waals surface area contributed by atoms with Gasteiger partial charge in [-0.05, 0) is 49.5 Å². The van der Waals surface area contributed by atoms with Gasteiger partial charge >= 0.3 is 0 Å². The van der Waals surface area contributed by atoms with Gasteiger partial charge in [0.05, 0.1) is 0 Å². The molecular weight excluding hydrogens is 381 g/mol. The summed E-state index contributed by atoms with van der Waals surface area (Å²) in [6.07, 6.45) is 2.97. The van der Waals surface area contributed by atoms with Crippen LogP contribution >= 0.6 is 36.4 Å². The summed E-state index contributed by atoms with van der Waals surface area (Å²) >= 11 is 5.92. The first-order valence-corrected chi connectivity index (χ1v) is 9.04. The standard InChI is InChI=1S/C18H26ClN3O.2ClH/c19-17-4-1-16(2-5-17)14-21-9-11-22(12-10-21)18(23)6-3-15-7-8-20-13-15;;/h1-2,4-5,15,20H,3,6-14H2;2*1H. The molecule has 0 aromatic heterocycles. The molecule has 0 bridgehead atoms. The fourth-order valence-electron chi connectivity index (χ4n) is 3.45. The van der Waals surface area contributed by atoms with E-state index >= 15 is 0 Å². The third-order valence-electron chi connectivity index (χ3n) is 4.97. The summed E-state index contributed by atoms with van der Waals surface area (Å²) in [5.74, 6) is 1.04. The predicted molar refractivity (Wildman–Crippen MR) is 108 cm³/mol. The lowest BCUT2D eigenvalue weighted by Gasteiger charge is -2.35. The summed E-state index contributed by atoms with van der Waals surface area (Å²) in [5.41, 5.74) is 1.28. The van der Waals surface area contributed by atoms with Gasteiger partial charge in [0, 0.05) is 44.2 Å². The van der Waals surface area contributed by atoms with E-state index in [4.69, 9.17) is 11.6 Å². The Morgan fingerprint density at radius 1 is 1.12 bits per heavy atom. The minimum absolute atomic E-state index is 0. The monoisotopic (exact) mass is 407 g/mol. The zero-order chi connectivity index (χ0) is 16.1. The summed E-state index contributed by atoms with van der Waals surface area (Å²) in [4.78, 5) is 16.8. The third kappa shape index (κ3) is 6.95. The second kappa shape index (κ2) is 11.2. The molecule has 1 aromatic rings. The van der Waals surface area contributed by atoms with Crippen molar-refractivity contribution in [2.24, 2.45) is 5.92 Å². The van der Waals surface area contributed by atoms with Gasteiger partial charge in [-0.2, -0.15) is 0 Å². The maximum Gasteiger partial charge on any atom is 0.222 e. The van der Waals surface area contributed by atoms with E-state index in [-0.39, 0.29) is 24.8 Å². The number of hydrogen-bond acceptors (Lipinski definition) is 3. The van der Waals surface area contributed by atoms with E-state index in [0.717, 1.165) is 57.3 Å². The van der Waals surface area contributed by atoms with Gasteiger partial charge < -0.3 is 10.2 Å². The summed E-state index contributed by atoms with van der Waals surface area (Å²) in [7, 11) is 0. The van der Waals surface area contributed by atoms with Crippen molar-refractivity contribution in [3.8, 4) is 0 Å². The number of amides is 1. The lowest BCUT2D eigenvalue weighted by Crippen LogP contribution is -2.48. The van der Waals surface area contributed by atoms with Gasteiger partial charge in [0.1, 0.15) is 0 Å². The maximum atomic E-state index is 12.3. The van der Waals surface area contributed by atoms with Crippen LogP contribution in [-0.2, 0) is 11.3 Å². The van der Waals surface area contributed by atoms with Gasteiger partial charge in [0.25, 0.3) is 0 Å². The molecule has 2 saturated heterocycles. The van der Waals surface area contributed by atoms with E-state index in [2.05, 4.69) is 22.3 Å². The molecule has 0 aliphatic carbocycles. The van der Waals surface area contributed by atoms with Crippen molar-refractivity contribution in [3.05, 3.63) is 34.9 Å². The summed E-state index contributed by atoms with van der Waals surface area (Å²) in [6.45, 7) is 6.76. The lowest BCUT2D eigenvalue weighted by atomic mass is 10.0. The molecule has 1 atom stereocenters. The normalized spacial score (nSPS) is 20.7. The average molecular weight is 409 g/mol. The van der Waals surface area contributed by atoms with Crippen molar-refractivity contribution in [1.82, 2.24) is 15.1 Å². The van der Waals surface area contributed by atoms with Crippen LogP contribution in [0.15, 0.2) is 24.3 Å². The highest BCUT2D eigenvalue weighted by atomic mass is 35.5. The number of halogens is 3. The molecule has 2 aliphatic rings. The minimum Gasteiger partial charge on any atom is -0.340 e. The van der Waals surface area contributed by atoms with E-state index in [0.29, 0.717) is 18.2 Å². The highest BCUT2D eigenvalue weighted by molar-refractivity contribution is 6.30. The molecule has 2 fully saturated rings. The number of carbonyl (C=O) groups excluding carboxylic acids is 1. The van der Waals surface area contributed by atoms with Gasteiger partial charge in [-0.1, -0.05) is 23.7 Å². The minimum atomic E-state index is 0. The fraction of sp³-hybridized carbons (Fsp3) is 0.611. The van der Waals surface area contributed by atoms with E-state index in [1.54, 1.807) is 0 Å². The first-order chi connectivity index (χ1) is 11.2. The largest absolute Gasteiger partial charge is 0.340 e. The highest BCUT2D eigenvalue weighted by Gasteiger charge is 2.22. The molecule has 3 rings (SSSR count). The Kier molecular flexibility index (Phi) is 10.1. The van der Waals surface area contributed by atoms with Crippen LogP contribution in [0.5, 0.6) is 0 Å². The Hall–Kier alpha value is -0.520. The van der Waals surface area contributed by atoms with E-state index in [1.807, 2.05) is 17.0 Å². The smallest absolute Gasteiger partial charge is 0.222 e. The van der Waals surface area contributed by atoms with Crippen molar-refractivity contribution in [2.75, 3.05) is 39.3 Å². The van der Waals surface area contributed by atoms with Crippen LogP contribution < -0.4 is 5.32 Å². The molecule has 1 aromatic carbocycles. The molecule has 2 aliphatic heterocycles. The summed E-state index contributed by atoms with van der Waals surface area (Å²) in [6, 6.07) is 8.04. The highest BCUT2D eigenvalue weighted by Crippen LogP contribution is 2.17. The lowest BCUT2D eigenvalue weighted by molar-refractivity contribution is -0.133. The first kappa shape index (κ1) is 22.5. The van der Waals surface area contributed by atoms with Crippen molar-refractivity contribution in [1.29, 1.82) is 0 Å². The second-order valence-corrected chi connectivity index (χ2v) is 7.12. The topological polar surface area (TPSA) is 35.6 Å². The predicted octanol–water partition coefficient (Wildman–Crippen LogP) is 3.22. The Morgan fingerprint density at radius 2 is 1.80 bits per heavy atom. The van der Waals surface area contributed by atoms with Gasteiger partial charge in [0.15, 0.2) is 0 Å². The number of piperazine rings is 1. The second-order valence-electron chi connectivity index (χ2n) is 6.68. The van der Waals surface area contributed by atoms with Gasteiger partial charge in [-0.25, -0.2) is 0 Å². The molecule has 0 spiro atoms. The van der Waals surface area contributed by atoms with Gasteiger partial charge in [-0.15, -0.1) is 24.8 Å². The SMILES string of the molecule is Cl.Cl.O=C(CCC1CCNC1)N1CCN(Cc2ccc(Cl)cc2)CC1. The first-order valence-electron chi connectivity index (χ1n) is 8.66. The molecule has 25 heavy (non-hydrogen) atoms. The van der Waals surface area contributed by atoms with Crippen LogP contribution in [0.1, 0.15) is 24.8 Å². The Bertz CT molecular complexity index is 513. The zero-order valence-corrected chi connectivity index (χ0v) is 16.8. The number of nitrogens with one attached hydrogen (secondary N) is 1. The van der Waals surface area contributed by atoms with E-state index in [9.17, 15) is 4.79 Å². The zero-order valence-electron chi connectivity index (χ0n) is 14.5. The van der Waals surface area contributed by atoms with Crippen molar-refractivity contribution >= 4 is 42.3 Å². The summed E-state index contributed by atoms with van der Waals surface area (Å²) < 4.78 is 0. The van der Waals surface area contributed by atoms with Crippen LogP contribution in [0.3, 0.4) is 0 Å². The van der Waals surface area contributed by atoms with Crippen LogP contribution in [0.25, 0.3) is 0 Å². The summed E-state index contributed by atoms with van der Waals surface area (Å²) in [5, 5.41) is 4.15. The van der Waals surface area contributed by atoms with Gasteiger partial charge in [0.2, 0.25) is 5.91 Å². The third-order valence-corrected chi connectivity index (χ3v) is 5.23. The van der Waals surface area contributed by atoms with Crippen molar-refractivity contribution < 1.29 is 4.79 Å². The van der Waals surface area contributed by atoms with Gasteiger partial charge in [-0.3, -0.25) is 9.69 Å². The molecule has 2 heterocycles. The molecule has 142 valence electrons. The quantitative estimate of drug-likeness (QED) is 0.812.